The van der Waals surface area contributed by atoms with Crippen molar-refractivity contribution < 1.29 is 15.0 Å². The number of aliphatic hydroxyl groups is 1. The SMILES string of the molecule is N[C@H](CC1CCC(O)CC1)C(=O)O. The Kier molecular flexibility index (Phi) is 3.69. The molecule has 1 aliphatic rings. The van der Waals surface area contributed by atoms with E-state index in [1.807, 2.05) is 0 Å². The fraction of sp³-hybridized carbons (Fsp3) is 0.889. The Morgan fingerprint density at radius 2 is 1.92 bits per heavy atom. The third kappa shape index (κ3) is 3.32. The van der Waals surface area contributed by atoms with Crippen LogP contribution >= 0.6 is 0 Å². The summed E-state index contributed by atoms with van der Waals surface area (Å²) in [6.07, 6.45) is 3.75. The van der Waals surface area contributed by atoms with E-state index in [0.29, 0.717) is 12.3 Å². The van der Waals surface area contributed by atoms with E-state index in [1.165, 1.54) is 0 Å². The van der Waals surface area contributed by atoms with Crippen LogP contribution in [0.25, 0.3) is 0 Å². The highest BCUT2D eigenvalue weighted by molar-refractivity contribution is 5.73. The summed E-state index contributed by atoms with van der Waals surface area (Å²) < 4.78 is 0. The number of hydrogen-bond acceptors (Lipinski definition) is 3. The summed E-state index contributed by atoms with van der Waals surface area (Å²) >= 11 is 0. The fourth-order valence-electron chi connectivity index (χ4n) is 1.84. The summed E-state index contributed by atoms with van der Waals surface area (Å²) in [6.45, 7) is 0. The van der Waals surface area contributed by atoms with Gasteiger partial charge in [0.05, 0.1) is 6.10 Å². The molecule has 0 saturated heterocycles. The van der Waals surface area contributed by atoms with E-state index in [-0.39, 0.29) is 6.10 Å². The predicted molar refractivity (Wildman–Crippen MR) is 48.2 cm³/mol. The Hall–Kier alpha value is -0.610. The molecule has 1 fully saturated rings. The minimum absolute atomic E-state index is 0.183. The van der Waals surface area contributed by atoms with Gasteiger partial charge in [-0.05, 0) is 38.0 Å². The van der Waals surface area contributed by atoms with Crippen LogP contribution in [0.5, 0.6) is 0 Å². The summed E-state index contributed by atoms with van der Waals surface area (Å²) in [7, 11) is 0. The number of carboxylic acid groups (broad SMARTS) is 1. The van der Waals surface area contributed by atoms with Crippen LogP contribution in [0, 0.1) is 5.92 Å². The zero-order valence-electron chi connectivity index (χ0n) is 7.65. The van der Waals surface area contributed by atoms with E-state index in [1.54, 1.807) is 0 Å². The second kappa shape index (κ2) is 4.58. The van der Waals surface area contributed by atoms with Crippen LogP contribution in [-0.4, -0.2) is 28.3 Å². The third-order valence-corrected chi connectivity index (χ3v) is 2.72. The van der Waals surface area contributed by atoms with Crippen LogP contribution < -0.4 is 5.73 Å². The maximum absolute atomic E-state index is 10.5. The molecule has 1 aliphatic carbocycles. The highest BCUT2D eigenvalue weighted by atomic mass is 16.4. The van der Waals surface area contributed by atoms with Crippen molar-refractivity contribution in [2.24, 2.45) is 11.7 Å². The Balaban J connectivity index is 2.26. The summed E-state index contributed by atoms with van der Waals surface area (Å²) in [4.78, 5) is 10.5. The number of carboxylic acids is 1. The van der Waals surface area contributed by atoms with E-state index >= 15 is 0 Å². The maximum Gasteiger partial charge on any atom is 0.320 e. The lowest BCUT2D eigenvalue weighted by Gasteiger charge is -2.26. The average Bonchev–Trinajstić information content (AvgIpc) is 2.08. The minimum Gasteiger partial charge on any atom is -0.480 e. The summed E-state index contributed by atoms with van der Waals surface area (Å²) in [5, 5.41) is 17.8. The van der Waals surface area contributed by atoms with Crippen LogP contribution in [0.2, 0.25) is 0 Å². The molecule has 13 heavy (non-hydrogen) atoms. The van der Waals surface area contributed by atoms with Crippen LogP contribution in [0.15, 0.2) is 0 Å². The van der Waals surface area contributed by atoms with Gasteiger partial charge in [-0.2, -0.15) is 0 Å². The van der Waals surface area contributed by atoms with Crippen LogP contribution in [0.4, 0.5) is 0 Å². The van der Waals surface area contributed by atoms with Crippen molar-refractivity contribution in [3.05, 3.63) is 0 Å². The van der Waals surface area contributed by atoms with Gasteiger partial charge in [-0.25, -0.2) is 0 Å². The largest absolute Gasteiger partial charge is 0.480 e. The number of aliphatic hydroxyl groups excluding tert-OH is 1. The van der Waals surface area contributed by atoms with E-state index < -0.39 is 12.0 Å². The smallest absolute Gasteiger partial charge is 0.320 e. The molecule has 0 spiro atoms. The molecule has 1 saturated carbocycles. The molecule has 76 valence electrons. The molecule has 0 unspecified atom stereocenters. The van der Waals surface area contributed by atoms with Crippen molar-refractivity contribution in [2.75, 3.05) is 0 Å². The predicted octanol–water partition coefficient (Wildman–Crippen LogP) is 0.339. The standard InChI is InChI=1S/C9H17NO3/c10-8(9(12)13)5-6-1-3-7(11)4-2-6/h6-8,11H,1-5,10H2,(H,12,13)/t6?,7?,8-/m1/s1. The molecule has 0 amide bonds. The number of carbonyl (C=O) groups is 1. The summed E-state index contributed by atoms with van der Waals surface area (Å²) in [5.74, 6) is -0.541. The second-order valence-electron chi connectivity index (χ2n) is 3.85. The van der Waals surface area contributed by atoms with Gasteiger partial charge in [-0.3, -0.25) is 4.79 Å². The van der Waals surface area contributed by atoms with Crippen molar-refractivity contribution in [2.45, 2.75) is 44.2 Å². The van der Waals surface area contributed by atoms with Gasteiger partial charge in [0, 0.05) is 0 Å². The number of aliphatic carboxylic acids is 1. The van der Waals surface area contributed by atoms with Crippen LogP contribution in [0.3, 0.4) is 0 Å². The first kappa shape index (κ1) is 10.5. The Morgan fingerprint density at radius 1 is 1.38 bits per heavy atom. The lowest BCUT2D eigenvalue weighted by Crippen LogP contribution is -2.33. The topological polar surface area (TPSA) is 83.5 Å². The molecule has 0 bridgehead atoms. The summed E-state index contributed by atoms with van der Waals surface area (Å²) in [5.41, 5.74) is 5.42. The van der Waals surface area contributed by atoms with E-state index in [9.17, 15) is 9.90 Å². The third-order valence-electron chi connectivity index (χ3n) is 2.72. The van der Waals surface area contributed by atoms with E-state index in [0.717, 1.165) is 25.7 Å². The molecule has 4 nitrogen and oxygen atoms in total. The molecule has 1 atom stereocenters. The first-order valence-electron chi connectivity index (χ1n) is 4.76. The highest BCUT2D eigenvalue weighted by Gasteiger charge is 2.23. The Labute approximate surface area is 77.7 Å². The molecule has 1 rings (SSSR count). The molecule has 0 radical (unpaired) electrons. The molecule has 0 aliphatic heterocycles. The second-order valence-corrected chi connectivity index (χ2v) is 3.85. The van der Waals surface area contributed by atoms with E-state index in [2.05, 4.69) is 0 Å². The van der Waals surface area contributed by atoms with Crippen LogP contribution in [0.1, 0.15) is 32.1 Å². The highest BCUT2D eigenvalue weighted by Crippen LogP contribution is 2.27. The van der Waals surface area contributed by atoms with Gasteiger partial charge in [0.1, 0.15) is 6.04 Å². The number of nitrogens with two attached hydrogens (primary N) is 1. The zero-order valence-corrected chi connectivity index (χ0v) is 7.65. The Bertz CT molecular complexity index is 176. The summed E-state index contributed by atoms with van der Waals surface area (Å²) in [6, 6.07) is -0.736. The van der Waals surface area contributed by atoms with Crippen molar-refractivity contribution in [3.63, 3.8) is 0 Å². The zero-order chi connectivity index (χ0) is 9.84. The van der Waals surface area contributed by atoms with Gasteiger partial charge in [-0.1, -0.05) is 0 Å². The van der Waals surface area contributed by atoms with Gasteiger partial charge >= 0.3 is 5.97 Å². The lowest BCUT2D eigenvalue weighted by atomic mass is 9.83. The number of rotatable bonds is 3. The molecule has 0 heterocycles. The van der Waals surface area contributed by atoms with Gasteiger partial charge in [-0.15, -0.1) is 0 Å². The number of hydrogen-bond donors (Lipinski definition) is 3. The molecule has 4 heteroatoms. The molecule has 0 aromatic heterocycles. The van der Waals surface area contributed by atoms with Crippen LogP contribution in [-0.2, 0) is 4.79 Å². The lowest BCUT2D eigenvalue weighted by molar-refractivity contribution is -0.139. The van der Waals surface area contributed by atoms with Crippen molar-refractivity contribution >= 4 is 5.97 Å². The quantitative estimate of drug-likeness (QED) is 0.595. The van der Waals surface area contributed by atoms with Gasteiger partial charge in [0.15, 0.2) is 0 Å². The normalized spacial score (nSPS) is 31.2. The molecular weight excluding hydrogens is 170 g/mol. The van der Waals surface area contributed by atoms with Gasteiger partial charge < -0.3 is 15.9 Å². The fourth-order valence-corrected chi connectivity index (χ4v) is 1.84. The molecule has 0 aromatic carbocycles. The monoisotopic (exact) mass is 187 g/mol. The maximum atomic E-state index is 10.5. The van der Waals surface area contributed by atoms with Crippen molar-refractivity contribution in [1.82, 2.24) is 0 Å². The minimum atomic E-state index is -0.925. The van der Waals surface area contributed by atoms with Gasteiger partial charge in [0.25, 0.3) is 0 Å². The molecule has 4 N–H and O–H groups in total. The van der Waals surface area contributed by atoms with Gasteiger partial charge in [0.2, 0.25) is 0 Å². The van der Waals surface area contributed by atoms with Crippen molar-refractivity contribution in [3.8, 4) is 0 Å². The molecule has 0 aromatic rings. The van der Waals surface area contributed by atoms with Crippen molar-refractivity contribution in [1.29, 1.82) is 0 Å². The first-order valence-corrected chi connectivity index (χ1v) is 4.76. The molecular formula is C9H17NO3. The van der Waals surface area contributed by atoms with E-state index in [4.69, 9.17) is 10.8 Å². The first-order chi connectivity index (χ1) is 6.09. The Morgan fingerprint density at radius 3 is 2.38 bits per heavy atom. The average molecular weight is 187 g/mol.